The Morgan fingerprint density at radius 2 is 1.69 bits per heavy atom. The van der Waals surface area contributed by atoms with E-state index in [2.05, 4.69) is 5.32 Å². The first kappa shape index (κ1) is 19.2. The number of carbonyl (C=O) groups excluding carboxylic acids is 2. The molecule has 2 rings (SSSR count). The molecular formula is C20H21NO5. The summed E-state index contributed by atoms with van der Waals surface area (Å²) >= 11 is 0. The van der Waals surface area contributed by atoms with Crippen molar-refractivity contribution in [1.29, 1.82) is 0 Å². The number of benzene rings is 2. The molecule has 0 saturated carbocycles. The highest BCUT2D eigenvalue weighted by Crippen LogP contribution is 2.17. The molecule has 0 fully saturated rings. The molecule has 26 heavy (non-hydrogen) atoms. The number of carboxylic acid groups (broad SMARTS) is 1. The molecule has 136 valence electrons. The van der Waals surface area contributed by atoms with Crippen LogP contribution in [0.5, 0.6) is 5.75 Å². The van der Waals surface area contributed by atoms with Gasteiger partial charge in [0, 0.05) is 24.1 Å². The molecule has 6 nitrogen and oxygen atoms in total. The van der Waals surface area contributed by atoms with E-state index in [1.54, 1.807) is 48.5 Å². The van der Waals surface area contributed by atoms with Crippen LogP contribution in [0.25, 0.3) is 0 Å². The van der Waals surface area contributed by atoms with Crippen molar-refractivity contribution in [3.8, 4) is 5.75 Å². The number of ketones is 1. The van der Waals surface area contributed by atoms with E-state index in [1.165, 1.54) is 0 Å². The smallest absolute Gasteiger partial charge is 0.307 e. The van der Waals surface area contributed by atoms with Gasteiger partial charge in [-0.1, -0.05) is 18.2 Å². The largest absolute Gasteiger partial charge is 0.494 e. The summed E-state index contributed by atoms with van der Waals surface area (Å²) in [6.07, 6.45) is -0.0874. The van der Waals surface area contributed by atoms with E-state index in [0.717, 1.165) is 0 Å². The molecule has 0 bridgehead atoms. The zero-order valence-electron chi connectivity index (χ0n) is 14.5. The summed E-state index contributed by atoms with van der Waals surface area (Å²) in [5.41, 5.74) is 1.49. The predicted octanol–water partition coefficient (Wildman–Crippen LogP) is 3.31. The Morgan fingerprint density at radius 3 is 2.35 bits per heavy atom. The molecule has 0 spiro atoms. The molecule has 0 unspecified atom stereocenters. The first-order valence-corrected chi connectivity index (χ1v) is 8.35. The van der Waals surface area contributed by atoms with Crippen molar-refractivity contribution in [1.82, 2.24) is 0 Å². The molecule has 6 heteroatoms. The van der Waals surface area contributed by atoms with E-state index in [9.17, 15) is 14.4 Å². The topological polar surface area (TPSA) is 92.7 Å². The van der Waals surface area contributed by atoms with Crippen molar-refractivity contribution < 1.29 is 24.2 Å². The van der Waals surface area contributed by atoms with Gasteiger partial charge in [-0.2, -0.15) is 0 Å². The Bertz CT molecular complexity index is 783. The maximum atomic E-state index is 12.2. The van der Waals surface area contributed by atoms with Crippen molar-refractivity contribution in [2.24, 2.45) is 0 Å². The van der Waals surface area contributed by atoms with Gasteiger partial charge < -0.3 is 15.2 Å². The van der Waals surface area contributed by atoms with Crippen LogP contribution >= 0.6 is 0 Å². The average molecular weight is 355 g/mol. The molecule has 1 amide bonds. The molecular weight excluding hydrogens is 334 g/mol. The lowest BCUT2D eigenvalue weighted by atomic mass is 10.1. The van der Waals surface area contributed by atoms with Gasteiger partial charge in [0.2, 0.25) is 5.91 Å². The average Bonchev–Trinajstić information content (AvgIpc) is 2.62. The molecule has 0 radical (unpaired) electrons. The minimum atomic E-state index is -0.975. The second-order valence-corrected chi connectivity index (χ2v) is 5.66. The lowest BCUT2D eigenvalue weighted by molar-refractivity contribution is -0.136. The Hall–Kier alpha value is -3.15. The quantitative estimate of drug-likeness (QED) is 0.673. The fourth-order valence-electron chi connectivity index (χ4n) is 2.45. The summed E-state index contributed by atoms with van der Waals surface area (Å²) in [5.74, 6) is -0.752. The Labute approximate surface area is 151 Å². The van der Waals surface area contributed by atoms with Gasteiger partial charge in [-0.3, -0.25) is 14.4 Å². The van der Waals surface area contributed by atoms with E-state index < -0.39 is 5.97 Å². The first-order valence-electron chi connectivity index (χ1n) is 8.35. The molecule has 0 aliphatic carbocycles. The molecule has 0 aromatic heterocycles. The van der Waals surface area contributed by atoms with E-state index in [-0.39, 0.29) is 31.0 Å². The van der Waals surface area contributed by atoms with Crippen molar-refractivity contribution in [3.63, 3.8) is 0 Å². The lowest BCUT2D eigenvalue weighted by Crippen LogP contribution is -2.15. The minimum absolute atomic E-state index is 0.0213. The molecule has 2 aromatic rings. The summed E-state index contributed by atoms with van der Waals surface area (Å²) in [6, 6.07) is 13.5. The van der Waals surface area contributed by atoms with Crippen LogP contribution in [0.15, 0.2) is 48.5 Å². The maximum Gasteiger partial charge on any atom is 0.307 e. The van der Waals surface area contributed by atoms with Gasteiger partial charge >= 0.3 is 5.97 Å². The summed E-state index contributed by atoms with van der Waals surface area (Å²) in [5, 5.41) is 11.6. The number of hydrogen-bond acceptors (Lipinski definition) is 4. The number of para-hydroxylation sites is 1. The number of ether oxygens (including phenoxy) is 1. The minimum Gasteiger partial charge on any atom is -0.494 e. The highest BCUT2D eigenvalue weighted by atomic mass is 16.5. The van der Waals surface area contributed by atoms with Crippen molar-refractivity contribution >= 4 is 23.3 Å². The summed E-state index contributed by atoms with van der Waals surface area (Å²) < 4.78 is 5.33. The molecule has 0 aliphatic rings. The fourth-order valence-corrected chi connectivity index (χ4v) is 2.45. The molecule has 0 aliphatic heterocycles. The summed E-state index contributed by atoms with van der Waals surface area (Å²) in [6.45, 7) is 2.43. The number of carbonyl (C=O) groups is 3. The van der Waals surface area contributed by atoms with Crippen LogP contribution in [-0.2, 0) is 16.0 Å². The van der Waals surface area contributed by atoms with Crippen LogP contribution in [0, 0.1) is 0 Å². The monoisotopic (exact) mass is 355 g/mol. The van der Waals surface area contributed by atoms with Crippen LogP contribution in [-0.4, -0.2) is 29.4 Å². The van der Waals surface area contributed by atoms with E-state index in [1.807, 2.05) is 6.92 Å². The van der Waals surface area contributed by atoms with Crippen molar-refractivity contribution in [2.75, 3.05) is 11.9 Å². The Balaban J connectivity index is 1.90. The number of anilines is 1. The SMILES string of the molecule is CCOc1ccc(C(=O)CCC(=O)Nc2ccccc2CC(=O)O)cc1. The van der Waals surface area contributed by atoms with Gasteiger partial charge in [0.1, 0.15) is 5.75 Å². The third kappa shape index (κ3) is 5.73. The van der Waals surface area contributed by atoms with Crippen LogP contribution in [0.1, 0.15) is 35.7 Å². The molecule has 2 aromatic carbocycles. The zero-order chi connectivity index (χ0) is 18.9. The normalized spacial score (nSPS) is 10.2. The van der Waals surface area contributed by atoms with E-state index >= 15 is 0 Å². The number of nitrogens with one attached hydrogen (secondary N) is 1. The van der Waals surface area contributed by atoms with Gasteiger partial charge in [-0.25, -0.2) is 0 Å². The van der Waals surface area contributed by atoms with Crippen LogP contribution < -0.4 is 10.1 Å². The van der Waals surface area contributed by atoms with Gasteiger partial charge in [0.15, 0.2) is 5.78 Å². The number of carboxylic acids is 1. The highest BCUT2D eigenvalue weighted by molar-refractivity contribution is 6.00. The second-order valence-electron chi connectivity index (χ2n) is 5.66. The summed E-state index contributed by atoms with van der Waals surface area (Å²) in [4.78, 5) is 35.2. The summed E-state index contributed by atoms with van der Waals surface area (Å²) in [7, 11) is 0. The standard InChI is InChI=1S/C20H21NO5/c1-2-26-16-9-7-14(8-10-16)18(22)11-12-19(23)21-17-6-4-3-5-15(17)13-20(24)25/h3-10H,2,11-13H2,1H3,(H,21,23)(H,24,25). The number of amides is 1. The van der Waals surface area contributed by atoms with Crippen LogP contribution in [0.4, 0.5) is 5.69 Å². The van der Waals surface area contributed by atoms with Gasteiger partial charge in [-0.05, 0) is 42.8 Å². The number of aliphatic carboxylic acids is 1. The number of rotatable bonds is 9. The van der Waals surface area contributed by atoms with Crippen molar-refractivity contribution in [2.45, 2.75) is 26.2 Å². The second kappa shape index (κ2) is 9.36. The van der Waals surface area contributed by atoms with Gasteiger partial charge in [0.25, 0.3) is 0 Å². The Morgan fingerprint density at radius 1 is 1.00 bits per heavy atom. The highest BCUT2D eigenvalue weighted by Gasteiger charge is 2.12. The zero-order valence-corrected chi connectivity index (χ0v) is 14.5. The molecule has 0 heterocycles. The van der Waals surface area contributed by atoms with Gasteiger partial charge in [-0.15, -0.1) is 0 Å². The van der Waals surface area contributed by atoms with Gasteiger partial charge in [0.05, 0.1) is 13.0 Å². The molecule has 0 saturated heterocycles. The van der Waals surface area contributed by atoms with Crippen LogP contribution in [0.3, 0.4) is 0 Å². The van der Waals surface area contributed by atoms with Crippen LogP contribution in [0.2, 0.25) is 0 Å². The molecule has 0 atom stereocenters. The predicted molar refractivity (Wildman–Crippen MR) is 97.6 cm³/mol. The lowest BCUT2D eigenvalue weighted by Gasteiger charge is -2.09. The first-order chi connectivity index (χ1) is 12.5. The third-order valence-electron chi connectivity index (χ3n) is 3.70. The van der Waals surface area contributed by atoms with Crippen molar-refractivity contribution in [3.05, 3.63) is 59.7 Å². The maximum absolute atomic E-state index is 12.2. The fraction of sp³-hybridized carbons (Fsp3) is 0.250. The third-order valence-corrected chi connectivity index (χ3v) is 3.70. The number of hydrogen-bond donors (Lipinski definition) is 2. The Kier molecular flexibility index (Phi) is 6.91. The molecule has 2 N–H and O–H groups in total. The number of Topliss-reactive ketones (excluding diaryl/α,β-unsaturated/α-hetero) is 1. The van der Waals surface area contributed by atoms with E-state index in [4.69, 9.17) is 9.84 Å². The van der Waals surface area contributed by atoms with E-state index in [0.29, 0.717) is 29.2 Å².